The van der Waals surface area contributed by atoms with Gasteiger partial charge in [0, 0.05) is 18.9 Å². The van der Waals surface area contributed by atoms with E-state index >= 15 is 0 Å². The summed E-state index contributed by atoms with van der Waals surface area (Å²) >= 11 is 0. The lowest BCUT2D eigenvalue weighted by molar-refractivity contribution is -0.122. The van der Waals surface area contributed by atoms with Crippen LogP contribution in [0.4, 0.5) is 0 Å². The molecule has 2 rings (SSSR count). The second-order valence-corrected chi connectivity index (χ2v) is 4.17. The lowest BCUT2D eigenvalue weighted by atomic mass is 10.2. The molecule has 1 N–H and O–H groups in total. The van der Waals surface area contributed by atoms with Gasteiger partial charge in [-0.3, -0.25) is 9.48 Å². The summed E-state index contributed by atoms with van der Waals surface area (Å²) in [5.41, 5.74) is 0. The number of rotatable bonds is 6. The Balaban J connectivity index is 2.01. The minimum atomic E-state index is -0.120. The van der Waals surface area contributed by atoms with Crippen LogP contribution in [0.1, 0.15) is 32.1 Å². The highest BCUT2D eigenvalue weighted by atomic mass is 16.2. The van der Waals surface area contributed by atoms with E-state index in [9.17, 15) is 4.79 Å². The summed E-state index contributed by atoms with van der Waals surface area (Å²) in [5.74, 6) is 0.708. The van der Waals surface area contributed by atoms with Gasteiger partial charge in [0.25, 0.3) is 0 Å². The number of hydrogen-bond donors (Lipinski definition) is 1. The highest BCUT2D eigenvalue weighted by Gasteiger charge is 2.18. The number of aryl methyl sites for hydroxylation is 1. The first-order chi connectivity index (χ1) is 9.24. The third-order valence-corrected chi connectivity index (χ3v) is 2.86. The zero-order chi connectivity index (χ0) is 13.7. The lowest BCUT2D eigenvalue weighted by Gasteiger charge is -2.16. The summed E-state index contributed by atoms with van der Waals surface area (Å²) < 4.78 is 3.38. The van der Waals surface area contributed by atoms with E-state index in [2.05, 4.69) is 20.5 Å². The average molecular weight is 262 g/mol. The zero-order valence-corrected chi connectivity index (χ0v) is 11.2. The third-order valence-electron chi connectivity index (χ3n) is 2.86. The van der Waals surface area contributed by atoms with E-state index in [1.807, 2.05) is 13.8 Å². The Kier molecular flexibility index (Phi) is 4.27. The molecule has 1 amide bonds. The Morgan fingerprint density at radius 3 is 2.89 bits per heavy atom. The van der Waals surface area contributed by atoms with Crippen molar-refractivity contribution in [1.82, 2.24) is 29.9 Å². The summed E-state index contributed by atoms with van der Waals surface area (Å²) in [4.78, 5) is 16.2. The smallest absolute Gasteiger partial charge is 0.242 e. The Bertz CT molecular complexity index is 518. The molecule has 102 valence electrons. The molecule has 7 nitrogen and oxygen atoms in total. The van der Waals surface area contributed by atoms with Gasteiger partial charge in [-0.15, -0.1) is 0 Å². The van der Waals surface area contributed by atoms with Crippen LogP contribution in [0.3, 0.4) is 0 Å². The maximum Gasteiger partial charge on any atom is 0.242 e. The van der Waals surface area contributed by atoms with Gasteiger partial charge in [0.2, 0.25) is 5.91 Å². The van der Waals surface area contributed by atoms with Crippen molar-refractivity contribution >= 4 is 5.91 Å². The zero-order valence-electron chi connectivity index (χ0n) is 11.2. The van der Waals surface area contributed by atoms with Crippen molar-refractivity contribution < 1.29 is 4.79 Å². The van der Waals surface area contributed by atoms with E-state index in [1.165, 1.54) is 6.33 Å². The molecule has 2 aromatic rings. The second-order valence-electron chi connectivity index (χ2n) is 4.17. The molecule has 2 aromatic heterocycles. The van der Waals surface area contributed by atoms with Crippen molar-refractivity contribution in [2.45, 2.75) is 39.4 Å². The highest BCUT2D eigenvalue weighted by Crippen LogP contribution is 2.13. The van der Waals surface area contributed by atoms with Gasteiger partial charge in [-0.2, -0.15) is 10.2 Å². The van der Waals surface area contributed by atoms with Crippen LogP contribution in [-0.4, -0.2) is 30.5 Å². The molecule has 0 fully saturated rings. The largest absolute Gasteiger partial charge is 0.344 e. The normalized spacial score (nSPS) is 12.3. The van der Waals surface area contributed by atoms with Crippen LogP contribution in [0.5, 0.6) is 0 Å². The number of carbonyl (C=O) groups excluding carboxylic acids is 1. The number of carbonyl (C=O) groups is 1. The highest BCUT2D eigenvalue weighted by molar-refractivity contribution is 5.76. The van der Waals surface area contributed by atoms with Crippen LogP contribution >= 0.6 is 0 Å². The molecule has 0 radical (unpaired) electrons. The Morgan fingerprint density at radius 1 is 1.42 bits per heavy atom. The fraction of sp³-hybridized carbons (Fsp3) is 0.500. The van der Waals surface area contributed by atoms with E-state index in [4.69, 9.17) is 0 Å². The molecule has 0 aromatic carbocycles. The molecule has 0 aliphatic rings. The van der Waals surface area contributed by atoms with E-state index in [0.29, 0.717) is 0 Å². The number of nitrogens with one attached hydrogen (secondary N) is 1. The summed E-state index contributed by atoms with van der Waals surface area (Å²) in [7, 11) is 0. The van der Waals surface area contributed by atoms with Gasteiger partial charge in [-0.05, 0) is 19.4 Å². The van der Waals surface area contributed by atoms with Crippen molar-refractivity contribution in [3.63, 3.8) is 0 Å². The predicted octanol–water partition coefficient (Wildman–Crippen LogP) is 0.762. The molecule has 0 saturated heterocycles. The van der Waals surface area contributed by atoms with Crippen LogP contribution < -0.4 is 5.32 Å². The maximum absolute atomic E-state index is 11.9. The molecule has 7 heteroatoms. The number of nitrogens with zero attached hydrogens (tertiary/aromatic N) is 5. The minimum absolute atomic E-state index is 0.0822. The van der Waals surface area contributed by atoms with Gasteiger partial charge in [0.1, 0.15) is 18.7 Å². The van der Waals surface area contributed by atoms with Gasteiger partial charge in [0.05, 0.1) is 6.04 Å². The van der Waals surface area contributed by atoms with E-state index in [-0.39, 0.29) is 18.5 Å². The van der Waals surface area contributed by atoms with Crippen molar-refractivity contribution in [2.75, 3.05) is 0 Å². The molecule has 1 atom stereocenters. The van der Waals surface area contributed by atoms with Gasteiger partial charge in [0.15, 0.2) is 0 Å². The number of hydrogen-bond acceptors (Lipinski definition) is 4. The van der Waals surface area contributed by atoms with Crippen molar-refractivity contribution in [3.05, 3.63) is 30.6 Å². The van der Waals surface area contributed by atoms with Crippen molar-refractivity contribution in [2.24, 2.45) is 0 Å². The van der Waals surface area contributed by atoms with E-state index in [0.717, 1.165) is 18.8 Å². The molecular formula is C12H18N6O. The first kappa shape index (κ1) is 13.3. The Hall–Kier alpha value is -2.18. The molecule has 0 bridgehead atoms. The fourth-order valence-electron chi connectivity index (χ4n) is 1.92. The van der Waals surface area contributed by atoms with Crippen LogP contribution in [0, 0.1) is 0 Å². The van der Waals surface area contributed by atoms with Crippen molar-refractivity contribution in [1.29, 1.82) is 0 Å². The molecule has 19 heavy (non-hydrogen) atoms. The second kappa shape index (κ2) is 6.12. The van der Waals surface area contributed by atoms with Crippen LogP contribution in [0.15, 0.2) is 24.8 Å². The van der Waals surface area contributed by atoms with Gasteiger partial charge < -0.3 is 5.32 Å². The average Bonchev–Trinajstić information content (AvgIpc) is 3.06. The molecule has 2 heterocycles. The molecular weight excluding hydrogens is 244 g/mol. The predicted molar refractivity (Wildman–Crippen MR) is 69.1 cm³/mol. The molecule has 0 unspecified atom stereocenters. The fourth-order valence-corrected chi connectivity index (χ4v) is 1.92. The van der Waals surface area contributed by atoms with Gasteiger partial charge >= 0.3 is 0 Å². The van der Waals surface area contributed by atoms with Crippen LogP contribution in [0.2, 0.25) is 0 Å². The molecule has 0 saturated carbocycles. The Morgan fingerprint density at radius 2 is 2.26 bits per heavy atom. The lowest BCUT2D eigenvalue weighted by Crippen LogP contribution is -2.33. The van der Waals surface area contributed by atoms with Crippen molar-refractivity contribution in [3.8, 4) is 0 Å². The first-order valence-electron chi connectivity index (χ1n) is 6.39. The number of amides is 1. The summed E-state index contributed by atoms with van der Waals surface area (Å²) in [5, 5.41) is 11.1. The van der Waals surface area contributed by atoms with Crippen LogP contribution in [-0.2, 0) is 17.9 Å². The topological polar surface area (TPSA) is 77.6 Å². The number of aromatic nitrogens is 5. The van der Waals surface area contributed by atoms with Gasteiger partial charge in [-0.1, -0.05) is 6.92 Å². The standard InChI is InChI=1S/C12H18N6O/c1-3-10(12-13-9-15-18(12)4-2)16-11(19)8-17-7-5-6-14-17/h5-7,9-10H,3-4,8H2,1-2H3,(H,16,19)/t10-/m1/s1. The summed E-state index contributed by atoms with van der Waals surface area (Å²) in [6, 6.07) is 1.67. The first-order valence-corrected chi connectivity index (χ1v) is 6.39. The van der Waals surface area contributed by atoms with E-state index < -0.39 is 0 Å². The quantitative estimate of drug-likeness (QED) is 0.833. The minimum Gasteiger partial charge on any atom is -0.344 e. The maximum atomic E-state index is 11.9. The molecule has 0 aliphatic heterocycles. The molecule has 0 spiro atoms. The van der Waals surface area contributed by atoms with E-state index in [1.54, 1.807) is 27.8 Å². The molecule has 0 aliphatic carbocycles. The monoisotopic (exact) mass is 262 g/mol. The summed E-state index contributed by atoms with van der Waals surface area (Å²) in [6.07, 6.45) is 5.69. The third kappa shape index (κ3) is 3.18. The SMILES string of the molecule is CC[C@@H](NC(=O)Cn1cccn1)c1ncnn1CC. The Labute approximate surface area is 111 Å². The van der Waals surface area contributed by atoms with Gasteiger partial charge in [-0.25, -0.2) is 9.67 Å². The van der Waals surface area contributed by atoms with Crippen LogP contribution in [0.25, 0.3) is 0 Å². The summed E-state index contributed by atoms with van der Waals surface area (Å²) in [6.45, 7) is 4.95.